The number of ether oxygens (including phenoxy) is 2. The van der Waals surface area contributed by atoms with Gasteiger partial charge in [0.05, 0.1) is 23.9 Å². The second-order valence-corrected chi connectivity index (χ2v) is 6.47. The highest BCUT2D eigenvalue weighted by Gasteiger charge is 2.24. The molecule has 0 aliphatic rings. The summed E-state index contributed by atoms with van der Waals surface area (Å²) in [7, 11) is 0. The zero-order valence-corrected chi connectivity index (χ0v) is 13.3. The van der Waals surface area contributed by atoms with Crippen LogP contribution in [0.25, 0.3) is 0 Å². The maximum atomic E-state index is 11.5. The Kier molecular flexibility index (Phi) is 6.10. The van der Waals surface area contributed by atoms with E-state index in [0.717, 1.165) is 10.7 Å². The minimum Gasteiger partial charge on any atom is -0.480 e. The van der Waals surface area contributed by atoms with E-state index in [0.29, 0.717) is 0 Å². The maximum Gasteiger partial charge on any atom is 0.408 e. The fraction of sp³-hybridized carbons (Fsp3) is 0.615. The summed E-state index contributed by atoms with van der Waals surface area (Å²) < 4.78 is 10.3. The quantitative estimate of drug-likeness (QED) is 0.832. The number of carboxylic acids is 1. The molecule has 0 saturated carbocycles. The number of aromatic nitrogens is 1. The molecule has 1 unspecified atom stereocenters. The molecule has 0 aliphatic heterocycles. The van der Waals surface area contributed by atoms with Crippen LogP contribution < -0.4 is 5.32 Å². The molecule has 7 nitrogen and oxygen atoms in total. The minimum absolute atomic E-state index is 0.162. The fourth-order valence-electron chi connectivity index (χ4n) is 1.38. The molecule has 1 atom stereocenters. The van der Waals surface area contributed by atoms with Crippen molar-refractivity contribution in [2.45, 2.75) is 45.9 Å². The Hall–Kier alpha value is -1.67. The molecule has 8 heteroatoms. The number of carboxylic acid groups (broad SMARTS) is 1. The van der Waals surface area contributed by atoms with Crippen molar-refractivity contribution in [3.05, 3.63) is 16.1 Å². The van der Waals surface area contributed by atoms with Gasteiger partial charge in [-0.05, 0) is 27.7 Å². The molecule has 0 bridgehead atoms. The Bertz CT molecular complexity index is 495. The summed E-state index contributed by atoms with van der Waals surface area (Å²) in [5, 5.41) is 14.1. The molecule has 1 rings (SSSR count). The van der Waals surface area contributed by atoms with E-state index in [9.17, 15) is 9.59 Å². The topological polar surface area (TPSA) is 97.8 Å². The van der Waals surface area contributed by atoms with E-state index >= 15 is 0 Å². The highest BCUT2D eigenvalue weighted by molar-refractivity contribution is 7.09. The van der Waals surface area contributed by atoms with Gasteiger partial charge in [-0.2, -0.15) is 0 Å². The summed E-state index contributed by atoms with van der Waals surface area (Å²) in [6.45, 7) is 7.00. The van der Waals surface area contributed by atoms with Gasteiger partial charge < -0.3 is 19.9 Å². The van der Waals surface area contributed by atoms with E-state index in [1.54, 1.807) is 20.8 Å². The number of carbonyl (C=O) groups is 2. The maximum absolute atomic E-state index is 11.5. The van der Waals surface area contributed by atoms with Crippen LogP contribution in [0.5, 0.6) is 0 Å². The predicted octanol–water partition coefficient (Wildman–Crippen LogP) is 1.95. The Labute approximate surface area is 127 Å². The molecule has 0 radical (unpaired) electrons. The Morgan fingerprint density at radius 1 is 1.48 bits per heavy atom. The number of alkyl carbamates (subject to hydrolysis) is 1. The van der Waals surface area contributed by atoms with E-state index in [-0.39, 0.29) is 13.2 Å². The van der Waals surface area contributed by atoms with Crippen molar-refractivity contribution in [2.75, 3.05) is 6.61 Å². The number of hydrogen-bond donors (Lipinski definition) is 2. The van der Waals surface area contributed by atoms with Crippen molar-refractivity contribution in [3.8, 4) is 0 Å². The third-order valence-corrected chi connectivity index (χ3v) is 3.01. The van der Waals surface area contributed by atoms with E-state index in [2.05, 4.69) is 10.3 Å². The SMILES string of the molecule is Cc1nc(COCC(NC(=O)OC(C)(C)C)C(=O)O)cs1. The van der Waals surface area contributed by atoms with Crippen molar-refractivity contribution in [2.24, 2.45) is 0 Å². The molecular weight excluding hydrogens is 296 g/mol. The first-order valence-electron chi connectivity index (χ1n) is 6.38. The monoisotopic (exact) mass is 316 g/mol. The summed E-state index contributed by atoms with van der Waals surface area (Å²) in [4.78, 5) is 26.8. The average Bonchev–Trinajstić information content (AvgIpc) is 2.71. The lowest BCUT2D eigenvalue weighted by Gasteiger charge is -2.21. The largest absolute Gasteiger partial charge is 0.480 e. The van der Waals surface area contributed by atoms with Crippen LogP contribution in [0.3, 0.4) is 0 Å². The van der Waals surface area contributed by atoms with Gasteiger partial charge in [-0.1, -0.05) is 0 Å². The Morgan fingerprint density at radius 3 is 2.62 bits per heavy atom. The van der Waals surface area contributed by atoms with Crippen LogP contribution in [0.15, 0.2) is 5.38 Å². The fourth-order valence-corrected chi connectivity index (χ4v) is 1.98. The van der Waals surface area contributed by atoms with Crippen LogP contribution in [-0.4, -0.2) is 40.4 Å². The number of carbonyl (C=O) groups excluding carboxylic acids is 1. The molecule has 2 N–H and O–H groups in total. The molecule has 0 fully saturated rings. The molecule has 1 heterocycles. The average molecular weight is 316 g/mol. The van der Waals surface area contributed by atoms with Gasteiger partial charge in [0.2, 0.25) is 0 Å². The second kappa shape index (κ2) is 7.37. The first-order valence-corrected chi connectivity index (χ1v) is 7.26. The third kappa shape index (κ3) is 7.05. The van der Waals surface area contributed by atoms with E-state index in [1.165, 1.54) is 11.3 Å². The molecule has 1 aromatic heterocycles. The van der Waals surface area contributed by atoms with Crippen LogP contribution in [0.2, 0.25) is 0 Å². The van der Waals surface area contributed by atoms with Crippen LogP contribution >= 0.6 is 11.3 Å². The number of rotatable bonds is 6. The smallest absolute Gasteiger partial charge is 0.408 e. The molecule has 0 spiro atoms. The Morgan fingerprint density at radius 2 is 2.14 bits per heavy atom. The third-order valence-electron chi connectivity index (χ3n) is 2.19. The van der Waals surface area contributed by atoms with Gasteiger partial charge in [0.25, 0.3) is 0 Å². The van der Waals surface area contributed by atoms with Gasteiger partial charge in [0.1, 0.15) is 5.60 Å². The predicted molar refractivity (Wildman–Crippen MR) is 77.3 cm³/mol. The number of hydrogen-bond acceptors (Lipinski definition) is 6. The standard InChI is InChI=1S/C13H20N2O5S/c1-8-14-9(7-21-8)5-19-6-10(11(16)17)15-12(18)20-13(2,3)4/h7,10H,5-6H2,1-4H3,(H,15,18)(H,16,17). The highest BCUT2D eigenvalue weighted by Crippen LogP contribution is 2.09. The number of nitrogens with one attached hydrogen (secondary N) is 1. The van der Waals surface area contributed by atoms with Crippen LogP contribution in [0, 0.1) is 6.92 Å². The van der Waals surface area contributed by atoms with Gasteiger partial charge in [0.15, 0.2) is 6.04 Å². The molecular formula is C13H20N2O5S. The van der Waals surface area contributed by atoms with E-state index in [4.69, 9.17) is 14.6 Å². The lowest BCUT2D eigenvalue weighted by molar-refractivity contribution is -0.141. The molecule has 21 heavy (non-hydrogen) atoms. The number of aryl methyl sites for hydroxylation is 1. The van der Waals surface area contributed by atoms with Gasteiger partial charge in [-0.3, -0.25) is 0 Å². The van der Waals surface area contributed by atoms with Crippen molar-refractivity contribution < 1.29 is 24.2 Å². The lowest BCUT2D eigenvalue weighted by atomic mass is 10.2. The highest BCUT2D eigenvalue weighted by atomic mass is 32.1. The summed E-state index contributed by atoms with van der Waals surface area (Å²) >= 11 is 1.49. The number of amides is 1. The normalized spacial score (nSPS) is 12.8. The van der Waals surface area contributed by atoms with Crippen LogP contribution in [0.1, 0.15) is 31.5 Å². The second-order valence-electron chi connectivity index (χ2n) is 5.41. The van der Waals surface area contributed by atoms with Crippen molar-refractivity contribution in [1.29, 1.82) is 0 Å². The number of nitrogens with zero attached hydrogens (tertiary/aromatic N) is 1. The zero-order valence-electron chi connectivity index (χ0n) is 12.5. The molecule has 0 aromatic carbocycles. The van der Waals surface area contributed by atoms with E-state index in [1.807, 2.05) is 12.3 Å². The van der Waals surface area contributed by atoms with Gasteiger partial charge >= 0.3 is 12.1 Å². The Balaban J connectivity index is 2.43. The molecule has 118 valence electrons. The molecule has 1 aromatic rings. The van der Waals surface area contributed by atoms with Gasteiger partial charge in [0, 0.05) is 5.38 Å². The van der Waals surface area contributed by atoms with Crippen molar-refractivity contribution >= 4 is 23.4 Å². The summed E-state index contributed by atoms with van der Waals surface area (Å²) in [5.74, 6) is -1.18. The van der Waals surface area contributed by atoms with Crippen LogP contribution in [0.4, 0.5) is 4.79 Å². The van der Waals surface area contributed by atoms with E-state index < -0.39 is 23.7 Å². The zero-order chi connectivity index (χ0) is 16.0. The number of thiazole rings is 1. The van der Waals surface area contributed by atoms with Crippen LogP contribution in [-0.2, 0) is 20.9 Å². The molecule has 1 amide bonds. The molecule has 0 aliphatic carbocycles. The van der Waals surface area contributed by atoms with Crippen molar-refractivity contribution in [1.82, 2.24) is 10.3 Å². The lowest BCUT2D eigenvalue weighted by Crippen LogP contribution is -2.46. The minimum atomic E-state index is -1.18. The molecule has 0 saturated heterocycles. The van der Waals surface area contributed by atoms with Crippen molar-refractivity contribution in [3.63, 3.8) is 0 Å². The number of aliphatic carboxylic acids is 1. The first-order chi connectivity index (χ1) is 9.67. The summed E-state index contributed by atoms with van der Waals surface area (Å²) in [6, 6.07) is -1.17. The van der Waals surface area contributed by atoms with Gasteiger partial charge in [-0.25, -0.2) is 14.6 Å². The van der Waals surface area contributed by atoms with Gasteiger partial charge in [-0.15, -0.1) is 11.3 Å². The summed E-state index contributed by atoms with van der Waals surface area (Å²) in [6.07, 6.45) is -0.789. The first kappa shape index (κ1) is 17.4. The summed E-state index contributed by atoms with van der Waals surface area (Å²) in [5.41, 5.74) is 0.0467.